The Morgan fingerprint density at radius 3 is 2.25 bits per heavy atom. The lowest BCUT2D eigenvalue weighted by molar-refractivity contribution is -0.148. The summed E-state index contributed by atoms with van der Waals surface area (Å²) < 4.78 is 0. The predicted molar refractivity (Wildman–Crippen MR) is 38.7 cm³/mol. The maximum atomic E-state index is 10.9. The normalized spacial score (nSPS) is 19.0. The van der Waals surface area contributed by atoms with Gasteiger partial charge in [0.15, 0.2) is 0 Å². The van der Waals surface area contributed by atoms with Crippen LogP contribution in [0.5, 0.6) is 0 Å². The molecule has 0 radical (unpaired) electrons. The Bertz CT molecular complexity index is 218. The summed E-state index contributed by atoms with van der Waals surface area (Å²) in [7, 11) is 0. The summed E-state index contributed by atoms with van der Waals surface area (Å²) in [6.45, 7) is -0.266. The Morgan fingerprint density at radius 1 is 1.33 bits per heavy atom. The van der Waals surface area contributed by atoms with Crippen molar-refractivity contribution >= 4 is 11.8 Å². The van der Waals surface area contributed by atoms with E-state index in [1.807, 2.05) is 0 Å². The van der Waals surface area contributed by atoms with Gasteiger partial charge >= 0.3 is 0 Å². The Balaban J connectivity index is 2.63. The van der Waals surface area contributed by atoms with Crippen molar-refractivity contribution in [3.05, 3.63) is 12.2 Å². The minimum Gasteiger partial charge on any atom is -0.396 e. The smallest absolute Gasteiger partial charge is 0.255 e. The lowest BCUT2D eigenvalue weighted by Gasteiger charge is -2.19. The molecular weight excluding hydrogens is 162 g/mol. The molecule has 1 aliphatic rings. The van der Waals surface area contributed by atoms with Gasteiger partial charge in [0.1, 0.15) is 6.23 Å². The zero-order valence-electron chi connectivity index (χ0n) is 6.30. The predicted octanol–water partition coefficient (Wildman–Crippen LogP) is -1.39. The number of amides is 2. The Kier molecular flexibility index (Phi) is 2.57. The molecule has 0 aliphatic carbocycles. The highest BCUT2D eigenvalue weighted by Gasteiger charge is 2.29. The van der Waals surface area contributed by atoms with Crippen molar-refractivity contribution in [2.45, 2.75) is 12.6 Å². The van der Waals surface area contributed by atoms with Crippen molar-refractivity contribution in [1.82, 2.24) is 4.90 Å². The van der Waals surface area contributed by atoms with Crippen molar-refractivity contribution in [2.24, 2.45) is 0 Å². The molecule has 1 unspecified atom stereocenters. The molecule has 1 rings (SSSR count). The summed E-state index contributed by atoms with van der Waals surface area (Å²) in [4.78, 5) is 22.5. The number of aliphatic hydroxyl groups excluding tert-OH is 2. The van der Waals surface area contributed by atoms with Crippen LogP contribution in [-0.4, -0.2) is 39.8 Å². The highest BCUT2D eigenvalue weighted by Crippen LogP contribution is 2.09. The third-order valence-corrected chi connectivity index (χ3v) is 1.53. The monoisotopic (exact) mass is 171 g/mol. The van der Waals surface area contributed by atoms with E-state index in [0.29, 0.717) is 4.90 Å². The number of carbonyl (C=O) groups is 2. The number of rotatable bonds is 3. The van der Waals surface area contributed by atoms with Gasteiger partial charge in [-0.25, -0.2) is 4.90 Å². The first-order chi connectivity index (χ1) is 5.66. The van der Waals surface area contributed by atoms with E-state index in [9.17, 15) is 14.7 Å². The quantitative estimate of drug-likeness (QED) is 0.512. The highest BCUT2D eigenvalue weighted by atomic mass is 16.3. The molecule has 66 valence electrons. The average molecular weight is 171 g/mol. The molecule has 1 aliphatic heterocycles. The molecule has 0 aromatic rings. The third kappa shape index (κ3) is 1.51. The second kappa shape index (κ2) is 3.46. The van der Waals surface area contributed by atoms with Crippen LogP contribution in [0.15, 0.2) is 12.2 Å². The molecule has 0 bridgehead atoms. The molecule has 1 atom stereocenters. The molecule has 0 fully saturated rings. The molecule has 0 saturated carbocycles. The molecule has 2 amide bonds. The molecule has 5 nitrogen and oxygen atoms in total. The minimum atomic E-state index is -1.22. The number of hydrogen-bond acceptors (Lipinski definition) is 4. The lowest BCUT2D eigenvalue weighted by atomic mass is 10.3. The van der Waals surface area contributed by atoms with E-state index in [2.05, 4.69) is 0 Å². The van der Waals surface area contributed by atoms with Crippen LogP contribution in [0, 0.1) is 0 Å². The Hall–Kier alpha value is -1.20. The first kappa shape index (κ1) is 8.89. The summed E-state index contributed by atoms with van der Waals surface area (Å²) in [6, 6.07) is 0. The van der Waals surface area contributed by atoms with E-state index in [0.717, 1.165) is 12.2 Å². The average Bonchev–Trinajstić information content (AvgIpc) is 2.32. The number of nitrogens with zero attached hydrogens (tertiary/aromatic N) is 1. The van der Waals surface area contributed by atoms with Gasteiger partial charge in [-0.2, -0.15) is 0 Å². The first-order valence-electron chi connectivity index (χ1n) is 3.51. The summed E-state index contributed by atoms with van der Waals surface area (Å²) in [5.74, 6) is -1.08. The van der Waals surface area contributed by atoms with Crippen LogP contribution in [0.2, 0.25) is 0 Å². The molecule has 2 N–H and O–H groups in total. The second-order valence-electron chi connectivity index (χ2n) is 2.37. The van der Waals surface area contributed by atoms with Crippen LogP contribution < -0.4 is 0 Å². The fourth-order valence-electron chi connectivity index (χ4n) is 0.950. The van der Waals surface area contributed by atoms with Gasteiger partial charge in [0.05, 0.1) is 0 Å². The van der Waals surface area contributed by atoms with Gasteiger partial charge in [-0.15, -0.1) is 0 Å². The minimum absolute atomic E-state index is 0.0147. The van der Waals surface area contributed by atoms with Gasteiger partial charge in [0, 0.05) is 25.2 Å². The highest BCUT2D eigenvalue weighted by molar-refractivity contribution is 6.13. The van der Waals surface area contributed by atoms with Gasteiger partial charge < -0.3 is 10.2 Å². The van der Waals surface area contributed by atoms with Crippen LogP contribution in [0.25, 0.3) is 0 Å². The largest absolute Gasteiger partial charge is 0.396 e. The van der Waals surface area contributed by atoms with Crippen molar-refractivity contribution in [3.8, 4) is 0 Å². The Labute approximate surface area is 68.9 Å². The molecule has 1 heterocycles. The van der Waals surface area contributed by atoms with Gasteiger partial charge in [-0.1, -0.05) is 0 Å². The fraction of sp³-hybridized carbons (Fsp3) is 0.429. The van der Waals surface area contributed by atoms with Gasteiger partial charge in [-0.3, -0.25) is 9.59 Å². The van der Waals surface area contributed by atoms with E-state index in [4.69, 9.17) is 5.11 Å². The van der Waals surface area contributed by atoms with E-state index < -0.39 is 18.0 Å². The summed E-state index contributed by atoms with van der Waals surface area (Å²) in [6.07, 6.45) is 0.940. The number of aliphatic hydroxyl groups is 2. The maximum Gasteiger partial charge on any atom is 0.255 e. The number of hydrogen-bond donors (Lipinski definition) is 2. The van der Waals surface area contributed by atoms with E-state index >= 15 is 0 Å². The van der Waals surface area contributed by atoms with Gasteiger partial charge in [0.25, 0.3) is 11.8 Å². The second-order valence-corrected chi connectivity index (χ2v) is 2.37. The molecule has 12 heavy (non-hydrogen) atoms. The van der Waals surface area contributed by atoms with Gasteiger partial charge in [0.2, 0.25) is 0 Å². The summed E-state index contributed by atoms with van der Waals surface area (Å²) in [5.41, 5.74) is 0. The fourth-order valence-corrected chi connectivity index (χ4v) is 0.950. The summed E-state index contributed by atoms with van der Waals surface area (Å²) >= 11 is 0. The van der Waals surface area contributed by atoms with Crippen LogP contribution >= 0.6 is 0 Å². The van der Waals surface area contributed by atoms with Crippen LogP contribution in [0.1, 0.15) is 6.42 Å². The SMILES string of the molecule is O=C1C=CC(=O)N1C(O)CCO. The standard InChI is InChI=1S/C7H9NO4/c9-4-3-7(12)8-5(10)1-2-6(8)11/h1-2,7,9,12H,3-4H2. The first-order valence-corrected chi connectivity index (χ1v) is 3.51. The molecule has 0 spiro atoms. The van der Waals surface area contributed by atoms with E-state index in [1.54, 1.807) is 0 Å². The van der Waals surface area contributed by atoms with Gasteiger partial charge in [-0.05, 0) is 0 Å². The molecule has 0 aromatic carbocycles. The number of carbonyl (C=O) groups excluding carboxylic acids is 2. The Morgan fingerprint density at radius 2 is 1.83 bits per heavy atom. The van der Waals surface area contributed by atoms with Crippen LogP contribution in [-0.2, 0) is 9.59 Å². The topological polar surface area (TPSA) is 77.8 Å². The summed E-state index contributed by atoms with van der Waals surface area (Å²) in [5, 5.41) is 17.6. The molecule has 0 saturated heterocycles. The van der Waals surface area contributed by atoms with E-state index in [-0.39, 0.29) is 13.0 Å². The van der Waals surface area contributed by atoms with E-state index in [1.165, 1.54) is 0 Å². The van der Waals surface area contributed by atoms with Crippen molar-refractivity contribution in [2.75, 3.05) is 6.61 Å². The van der Waals surface area contributed by atoms with Crippen LogP contribution in [0.3, 0.4) is 0 Å². The zero-order valence-corrected chi connectivity index (χ0v) is 6.30. The number of imide groups is 1. The third-order valence-electron chi connectivity index (χ3n) is 1.53. The van der Waals surface area contributed by atoms with Crippen molar-refractivity contribution in [3.63, 3.8) is 0 Å². The van der Waals surface area contributed by atoms with Crippen molar-refractivity contribution < 1.29 is 19.8 Å². The lowest BCUT2D eigenvalue weighted by Crippen LogP contribution is -2.40. The molecule has 5 heteroatoms. The molecular formula is C7H9NO4. The van der Waals surface area contributed by atoms with Crippen molar-refractivity contribution in [1.29, 1.82) is 0 Å². The van der Waals surface area contributed by atoms with Crippen LogP contribution in [0.4, 0.5) is 0 Å². The zero-order chi connectivity index (χ0) is 9.14. The maximum absolute atomic E-state index is 10.9. The molecule has 0 aromatic heterocycles.